The van der Waals surface area contributed by atoms with Crippen molar-refractivity contribution in [1.29, 1.82) is 0 Å². The third kappa shape index (κ3) is 4.60. The first-order chi connectivity index (χ1) is 8.47. The van der Waals surface area contributed by atoms with Crippen molar-refractivity contribution in [3.63, 3.8) is 0 Å². The second kappa shape index (κ2) is 7.13. The van der Waals surface area contributed by atoms with Crippen molar-refractivity contribution in [3.8, 4) is 0 Å². The molecule has 1 N–H and O–H groups in total. The molecule has 0 amide bonds. The van der Waals surface area contributed by atoms with E-state index in [1.807, 2.05) is 13.8 Å². The van der Waals surface area contributed by atoms with E-state index in [4.69, 9.17) is 5.11 Å². The summed E-state index contributed by atoms with van der Waals surface area (Å²) >= 11 is 0. The maximum atomic E-state index is 11.1. The third-order valence-electron chi connectivity index (χ3n) is 4.32. The van der Waals surface area contributed by atoms with Crippen LogP contribution in [0.15, 0.2) is 0 Å². The number of rotatable bonds is 7. The Morgan fingerprint density at radius 1 is 1.28 bits per heavy atom. The molecule has 1 aliphatic carbocycles. The fourth-order valence-electron chi connectivity index (χ4n) is 2.88. The normalized spacial score (nSPS) is 18.2. The Hall–Kier alpha value is -0.570. The number of carbonyl (C=O) groups is 1. The van der Waals surface area contributed by atoms with Crippen LogP contribution in [0.3, 0.4) is 0 Å². The molecule has 0 heterocycles. The highest BCUT2D eigenvalue weighted by Gasteiger charge is 2.27. The first-order valence-corrected chi connectivity index (χ1v) is 7.45. The average molecular weight is 255 g/mol. The second-order valence-electron chi connectivity index (χ2n) is 6.21. The van der Waals surface area contributed by atoms with E-state index in [1.165, 1.54) is 32.1 Å². The SMILES string of the molecule is CCN(CCCC(C)(C)C(=O)O)C1CCCCC1. The molecule has 0 aliphatic heterocycles. The van der Waals surface area contributed by atoms with Gasteiger partial charge in [0.2, 0.25) is 0 Å². The van der Waals surface area contributed by atoms with Crippen molar-refractivity contribution in [1.82, 2.24) is 4.90 Å². The lowest BCUT2D eigenvalue weighted by molar-refractivity contribution is -0.147. The number of hydrogen-bond donors (Lipinski definition) is 1. The van der Waals surface area contributed by atoms with Gasteiger partial charge in [0.1, 0.15) is 0 Å². The van der Waals surface area contributed by atoms with Crippen molar-refractivity contribution >= 4 is 5.97 Å². The Kier molecular flexibility index (Phi) is 6.13. The maximum absolute atomic E-state index is 11.1. The van der Waals surface area contributed by atoms with Gasteiger partial charge in [-0.1, -0.05) is 26.2 Å². The van der Waals surface area contributed by atoms with Crippen molar-refractivity contribution in [2.75, 3.05) is 13.1 Å². The zero-order chi connectivity index (χ0) is 13.6. The van der Waals surface area contributed by atoms with E-state index in [0.29, 0.717) is 0 Å². The molecule has 1 fully saturated rings. The molecule has 0 spiro atoms. The molecule has 3 heteroatoms. The second-order valence-corrected chi connectivity index (χ2v) is 6.21. The lowest BCUT2D eigenvalue weighted by Gasteiger charge is -2.34. The summed E-state index contributed by atoms with van der Waals surface area (Å²) < 4.78 is 0. The molecule has 1 rings (SSSR count). The number of carboxylic acid groups (broad SMARTS) is 1. The molecule has 3 nitrogen and oxygen atoms in total. The fourth-order valence-corrected chi connectivity index (χ4v) is 2.88. The molecule has 0 bridgehead atoms. The molecule has 0 aromatic rings. The maximum Gasteiger partial charge on any atom is 0.309 e. The summed E-state index contributed by atoms with van der Waals surface area (Å²) in [5.74, 6) is -0.678. The zero-order valence-corrected chi connectivity index (χ0v) is 12.2. The molecule has 0 saturated heterocycles. The lowest BCUT2D eigenvalue weighted by Crippen LogP contribution is -2.38. The summed E-state index contributed by atoms with van der Waals surface area (Å²) in [6.07, 6.45) is 8.53. The van der Waals surface area contributed by atoms with E-state index >= 15 is 0 Å². The Labute approximate surface area is 112 Å². The van der Waals surface area contributed by atoms with Crippen LogP contribution in [-0.2, 0) is 4.79 Å². The van der Waals surface area contributed by atoms with Gasteiger partial charge in [0.05, 0.1) is 5.41 Å². The number of aliphatic carboxylic acids is 1. The van der Waals surface area contributed by atoms with Gasteiger partial charge in [-0.3, -0.25) is 4.79 Å². The van der Waals surface area contributed by atoms with E-state index in [0.717, 1.165) is 32.0 Å². The predicted octanol–water partition coefficient (Wildman–Crippen LogP) is 3.53. The summed E-state index contributed by atoms with van der Waals surface area (Å²) in [5, 5.41) is 9.10. The van der Waals surface area contributed by atoms with Gasteiger partial charge in [0.25, 0.3) is 0 Å². The quantitative estimate of drug-likeness (QED) is 0.756. The summed E-state index contributed by atoms with van der Waals surface area (Å²) in [5.41, 5.74) is -0.577. The van der Waals surface area contributed by atoms with E-state index in [2.05, 4.69) is 11.8 Å². The van der Waals surface area contributed by atoms with Gasteiger partial charge in [0.15, 0.2) is 0 Å². The van der Waals surface area contributed by atoms with Gasteiger partial charge in [-0.2, -0.15) is 0 Å². The highest BCUT2D eigenvalue weighted by Crippen LogP contribution is 2.25. The van der Waals surface area contributed by atoms with Crippen LogP contribution in [-0.4, -0.2) is 35.1 Å². The summed E-state index contributed by atoms with van der Waals surface area (Å²) in [6, 6.07) is 0.747. The van der Waals surface area contributed by atoms with Gasteiger partial charge in [0, 0.05) is 6.04 Å². The molecular formula is C15H29NO2. The number of nitrogens with zero attached hydrogens (tertiary/aromatic N) is 1. The van der Waals surface area contributed by atoms with Crippen molar-refractivity contribution in [2.24, 2.45) is 5.41 Å². The number of carboxylic acids is 1. The smallest absolute Gasteiger partial charge is 0.309 e. The Morgan fingerprint density at radius 2 is 1.89 bits per heavy atom. The monoisotopic (exact) mass is 255 g/mol. The van der Waals surface area contributed by atoms with Crippen LogP contribution in [0.25, 0.3) is 0 Å². The lowest BCUT2D eigenvalue weighted by atomic mass is 9.87. The number of hydrogen-bond acceptors (Lipinski definition) is 2. The van der Waals surface area contributed by atoms with E-state index in [1.54, 1.807) is 0 Å². The summed E-state index contributed by atoms with van der Waals surface area (Å²) in [6.45, 7) is 8.02. The van der Waals surface area contributed by atoms with Gasteiger partial charge in [-0.05, 0) is 52.6 Å². The minimum atomic E-state index is -0.678. The van der Waals surface area contributed by atoms with E-state index in [-0.39, 0.29) is 0 Å². The first-order valence-electron chi connectivity index (χ1n) is 7.45. The minimum Gasteiger partial charge on any atom is -0.481 e. The van der Waals surface area contributed by atoms with Crippen LogP contribution in [0.4, 0.5) is 0 Å². The summed E-state index contributed by atoms with van der Waals surface area (Å²) in [7, 11) is 0. The first kappa shape index (κ1) is 15.5. The molecule has 0 unspecified atom stereocenters. The van der Waals surface area contributed by atoms with Crippen LogP contribution < -0.4 is 0 Å². The standard InChI is InChI=1S/C15H29NO2/c1-4-16(13-9-6-5-7-10-13)12-8-11-15(2,3)14(17)18/h13H,4-12H2,1-3H3,(H,17,18). The topological polar surface area (TPSA) is 40.5 Å². The van der Waals surface area contributed by atoms with Crippen molar-refractivity contribution in [3.05, 3.63) is 0 Å². The van der Waals surface area contributed by atoms with Gasteiger partial charge < -0.3 is 10.0 Å². The Morgan fingerprint density at radius 3 is 2.39 bits per heavy atom. The Bertz CT molecular complexity index is 257. The minimum absolute atomic E-state index is 0.577. The van der Waals surface area contributed by atoms with Gasteiger partial charge in [-0.25, -0.2) is 0 Å². The molecule has 18 heavy (non-hydrogen) atoms. The molecule has 0 radical (unpaired) electrons. The molecular weight excluding hydrogens is 226 g/mol. The average Bonchev–Trinajstić information content (AvgIpc) is 2.35. The molecule has 0 aromatic carbocycles. The zero-order valence-electron chi connectivity index (χ0n) is 12.2. The van der Waals surface area contributed by atoms with Crippen LogP contribution >= 0.6 is 0 Å². The largest absolute Gasteiger partial charge is 0.481 e. The van der Waals surface area contributed by atoms with Gasteiger partial charge in [-0.15, -0.1) is 0 Å². The molecule has 1 aliphatic rings. The highest BCUT2D eigenvalue weighted by molar-refractivity contribution is 5.73. The van der Waals surface area contributed by atoms with Crippen LogP contribution in [0.1, 0.15) is 65.7 Å². The van der Waals surface area contributed by atoms with Crippen molar-refractivity contribution in [2.45, 2.75) is 71.8 Å². The van der Waals surface area contributed by atoms with Crippen LogP contribution in [0.5, 0.6) is 0 Å². The Balaban J connectivity index is 2.33. The molecule has 1 saturated carbocycles. The highest BCUT2D eigenvalue weighted by atomic mass is 16.4. The summed E-state index contributed by atoms with van der Waals surface area (Å²) in [4.78, 5) is 13.6. The molecule has 106 valence electrons. The van der Waals surface area contributed by atoms with Crippen LogP contribution in [0.2, 0.25) is 0 Å². The third-order valence-corrected chi connectivity index (χ3v) is 4.32. The van der Waals surface area contributed by atoms with E-state index < -0.39 is 11.4 Å². The molecule has 0 atom stereocenters. The van der Waals surface area contributed by atoms with Crippen molar-refractivity contribution < 1.29 is 9.90 Å². The van der Waals surface area contributed by atoms with Crippen LogP contribution in [0, 0.1) is 5.41 Å². The van der Waals surface area contributed by atoms with E-state index in [9.17, 15) is 4.79 Å². The van der Waals surface area contributed by atoms with Gasteiger partial charge >= 0.3 is 5.97 Å². The molecule has 0 aromatic heterocycles. The fraction of sp³-hybridized carbons (Fsp3) is 0.933. The predicted molar refractivity (Wildman–Crippen MR) is 74.8 cm³/mol.